The van der Waals surface area contributed by atoms with E-state index in [-0.39, 0.29) is 11.2 Å². The summed E-state index contributed by atoms with van der Waals surface area (Å²) in [6, 6.07) is 16.0. The van der Waals surface area contributed by atoms with Crippen LogP contribution in [0, 0.1) is 6.92 Å². The monoisotopic (exact) mass is 379 g/mol. The molecule has 4 rings (SSSR count). The average molecular weight is 379 g/mol. The Bertz CT molecular complexity index is 982. The van der Waals surface area contributed by atoms with Crippen LogP contribution in [0.2, 0.25) is 0 Å². The van der Waals surface area contributed by atoms with Crippen molar-refractivity contribution in [2.45, 2.75) is 30.7 Å². The fraction of sp³-hybridized carbons (Fsp3) is 0.250. The third-order valence-electron chi connectivity index (χ3n) is 4.76. The zero-order valence-corrected chi connectivity index (χ0v) is 16.1. The molecule has 1 aromatic heterocycles. The molecule has 0 saturated heterocycles. The average Bonchev–Trinajstić information content (AvgIpc) is 3.26. The number of nitrogens with two attached hydrogens (primary N) is 1. The van der Waals surface area contributed by atoms with Gasteiger partial charge >= 0.3 is 0 Å². The molecule has 27 heavy (non-hydrogen) atoms. The second-order valence-corrected chi connectivity index (χ2v) is 7.98. The van der Waals surface area contributed by atoms with Gasteiger partial charge in [-0.1, -0.05) is 59.8 Å². The molecule has 0 fully saturated rings. The highest BCUT2D eigenvalue weighted by Gasteiger charge is 2.29. The molecule has 1 aliphatic rings. The van der Waals surface area contributed by atoms with Crippen LogP contribution in [0.4, 0.5) is 5.69 Å². The highest BCUT2D eigenvalue weighted by Crippen LogP contribution is 2.31. The molecular weight excluding hydrogens is 358 g/mol. The number of aromatic nitrogens is 3. The largest absolute Gasteiger partial charge is 0.335 e. The van der Waals surface area contributed by atoms with E-state index in [1.807, 2.05) is 61.2 Å². The number of hydrogen-bond donors (Lipinski definition) is 1. The number of anilines is 1. The number of fused-ring (bicyclic) bond motifs is 1. The molecule has 0 aliphatic carbocycles. The van der Waals surface area contributed by atoms with E-state index in [0.717, 1.165) is 17.7 Å². The molecule has 3 aromatic rings. The molecular formula is C20H21N5OS. The molecule has 1 amide bonds. The lowest BCUT2D eigenvalue weighted by Crippen LogP contribution is -2.35. The summed E-state index contributed by atoms with van der Waals surface area (Å²) in [6.45, 7) is 4.63. The summed E-state index contributed by atoms with van der Waals surface area (Å²) < 4.78 is 1.46. The molecule has 6 nitrogen and oxygen atoms in total. The summed E-state index contributed by atoms with van der Waals surface area (Å²) in [4.78, 5) is 14.8. The van der Waals surface area contributed by atoms with Gasteiger partial charge in [-0.05, 0) is 31.9 Å². The van der Waals surface area contributed by atoms with Crippen LogP contribution in [-0.4, -0.2) is 32.6 Å². The molecule has 1 aliphatic heterocycles. The Morgan fingerprint density at radius 1 is 1.15 bits per heavy atom. The fourth-order valence-electron chi connectivity index (χ4n) is 3.25. The van der Waals surface area contributed by atoms with Crippen molar-refractivity contribution in [2.24, 2.45) is 0 Å². The first-order valence-electron chi connectivity index (χ1n) is 8.88. The Hall–Kier alpha value is -2.80. The van der Waals surface area contributed by atoms with Crippen molar-refractivity contribution in [2.75, 3.05) is 17.3 Å². The number of nitrogens with zero attached hydrogens (tertiary/aromatic N) is 4. The zero-order valence-electron chi connectivity index (χ0n) is 15.3. The summed E-state index contributed by atoms with van der Waals surface area (Å²) in [7, 11) is 0. The number of thioether (sulfide) groups is 1. The topological polar surface area (TPSA) is 77.0 Å². The smallest absolute Gasteiger partial charge is 0.240 e. The van der Waals surface area contributed by atoms with Crippen molar-refractivity contribution in [1.82, 2.24) is 14.9 Å². The number of aryl methyl sites for hydroxylation is 1. The minimum atomic E-state index is -0.312. The second kappa shape index (κ2) is 7.08. The molecule has 0 unspecified atom stereocenters. The van der Waals surface area contributed by atoms with Crippen LogP contribution in [0.25, 0.3) is 11.4 Å². The van der Waals surface area contributed by atoms with Gasteiger partial charge in [0.1, 0.15) is 0 Å². The number of nitrogen functional groups attached to an aromatic ring is 1. The Morgan fingerprint density at radius 2 is 1.89 bits per heavy atom. The van der Waals surface area contributed by atoms with E-state index in [0.29, 0.717) is 17.5 Å². The van der Waals surface area contributed by atoms with E-state index in [2.05, 4.69) is 16.3 Å². The summed E-state index contributed by atoms with van der Waals surface area (Å²) in [5, 5.41) is 8.61. The first-order valence-corrected chi connectivity index (χ1v) is 9.76. The molecule has 2 heterocycles. The minimum absolute atomic E-state index is 0.0600. The molecule has 2 N–H and O–H groups in total. The molecule has 0 radical (unpaired) electrons. The van der Waals surface area contributed by atoms with E-state index in [1.165, 1.54) is 27.6 Å². The Balaban J connectivity index is 1.51. The normalized spacial score (nSPS) is 14.2. The number of rotatable bonds is 4. The third kappa shape index (κ3) is 3.30. The predicted octanol–water partition coefficient (Wildman–Crippen LogP) is 3.04. The van der Waals surface area contributed by atoms with Crippen molar-refractivity contribution >= 4 is 23.4 Å². The molecule has 1 atom stereocenters. The lowest BCUT2D eigenvalue weighted by atomic mass is 10.1. The maximum atomic E-state index is 12.9. The van der Waals surface area contributed by atoms with Crippen molar-refractivity contribution in [3.8, 4) is 11.4 Å². The Morgan fingerprint density at radius 3 is 2.67 bits per heavy atom. The van der Waals surface area contributed by atoms with Crippen molar-refractivity contribution in [3.63, 3.8) is 0 Å². The van der Waals surface area contributed by atoms with Crippen LogP contribution in [0.15, 0.2) is 53.7 Å². The van der Waals surface area contributed by atoms with Gasteiger partial charge in [-0.25, -0.2) is 4.68 Å². The van der Waals surface area contributed by atoms with Gasteiger partial charge in [-0.15, -0.1) is 10.2 Å². The Kier molecular flexibility index (Phi) is 4.61. The van der Waals surface area contributed by atoms with Gasteiger partial charge in [0.2, 0.25) is 11.1 Å². The quantitative estimate of drug-likeness (QED) is 0.557. The van der Waals surface area contributed by atoms with Crippen molar-refractivity contribution in [1.29, 1.82) is 0 Å². The maximum absolute atomic E-state index is 12.9. The van der Waals surface area contributed by atoms with Crippen molar-refractivity contribution in [3.05, 3.63) is 59.7 Å². The highest BCUT2D eigenvalue weighted by atomic mass is 32.2. The van der Waals surface area contributed by atoms with E-state index in [1.54, 1.807) is 0 Å². The first-order chi connectivity index (χ1) is 13.0. The van der Waals surface area contributed by atoms with E-state index in [4.69, 9.17) is 5.84 Å². The van der Waals surface area contributed by atoms with Gasteiger partial charge in [0.05, 0.1) is 5.25 Å². The number of hydrogen-bond acceptors (Lipinski definition) is 5. The lowest BCUT2D eigenvalue weighted by molar-refractivity contribution is -0.117. The molecule has 0 saturated carbocycles. The van der Waals surface area contributed by atoms with Gasteiger partial charge in [0.25, 0.3) is 0 Å². The third-order valence-corrected chi connectivity index (χ3v) is 5.80. The molecule has 7 heteroatoms. The number of amides is 1. The highest BCUT2D eigenvalue weighted by molar-refractivity contribution is 8.00. The summed E-state index contributed by atoms with van der Waals surface area (Å²) in [5.74, 6) is 6.84. The molecule has 138 valence electrons. The van der Waals surface area contributed by atoms with Gasteiger partial charge in [-0.3, -0.25) is 4.79 Å². The van der Waals surface area contributed by atoms with E-state index < -0.39 is 0 Å². The molecule has 0 spiro atoms. The SMILES string of the molecule is Cc1ccc(-c2nnc(S[C@@H](C)C(=O)N3CCc4ccccc43)n2N)cc1. The van der Waals surface area contributed by atoms with Crippen LogP contribution >= 0.6 is 11.8 Å². The van der Waals surface area contributed by atoms with Crippen LogP contribution in [-0.2, 0) is 11.2 Å². The van der Waals surface area contributed by atoms with Gasteiger partial charge in [0, 0.05) is 17.8 Å². The number of carbonyl (C=O) groups excluding carboxylic acids is 1. The van der Waals surface area contributed by atoms with Gasteiger partial charge < -0.3 is 10.7 Å². The summed E-state index contributed by atoms with van der Waals surface area (Å²) in [5.41, 5.74) is 4.28. The van der Waals surface area contributed by atoms with Crippen LogP contribution in [0.5, 0.6) is 0 Å². The molecule has 2 aromatic carbocycles. The van der Waals surface area contributed by atoms with Gasteiger partial charge in [0.15, 0.2) is 5.82 Å². The lowest BCUT2D eigenvalue weighted by Gasteiger charge is -2.21. The zero-order chi connectivity index (χ0) is 19.0. The van der Waals surface area contributed by atoms with Crippen LogP contribution in [0.1, 0.15) is 18.1 Å². The van der Waals surface area contributed by atoms with E-state index >= 15 is 0 Å². The minimum Gasteiger partial charge on any atom is -0.335 e. The Labute approximate surface area is 162 Å². The number of benzene rings is 2. The fourth-order valence-corrected chi connectivity index (χ4v) is 4.08. The maximum Gasteiger partial charge on any atom is 0.240 e. The first kappa shape index (κ1) is 17.6. The predicted molar refractivity (Wildman–Crippen MR) is 108 cm³/mol. The molecule has 0 bridgehead atoms. The standard InChI is InChI=1S/C20H21N5OS/c1-13-7-9-16(10-8-13)18-22-23-20(25(18)21)27-14(2)19(26)24-12-11-15-5-3-4-6-17(15)24/h3-10,14H,11-12,21H2,1-2H3/t14-/m0/s1. The van der Waals surface area contributed by atoms with E-state index in [9.17, 15) is 4.79 Å². The van der Waals surface area contributed by atoms with Crippen LogP contribution < -0.4 is 10.7 Å². The summed E-state index contributed by atoms with van der Waals surface area (Å²) in [6.07, 6.45) is 0.893. The number of carbonyl (C=O) groups is 1. The number of para-hydroxylation sites is 1. The van der Waals surface area contributed by atoms with Crippen LogP contribution in [0.3, 0.4) is 0 Å². The van der Waals surface area contributed by atoms with Crippen molar-refractivity contribution < 1.29 is 4.79 Å². The summed E-state index contributed by atoms with van der Waals surface area (Å²) >= 11 is 1.33. The second-order valence-electron chi connectivity index (χ2n) is 6.67. The van der Waals surface area contributed by atoms with Gasteiger partial charge in [-0.2, -0.15) is 0 Å².